The molecule has 0 fully saturated rings. The lowest BCUT2D eigenvalue weighted by atomic mass is 9.87. The molecule has 2 heteroatoms. The third-order valence-corrected chi connectivity index (χ3v) is 3.29. The lowest BCUT2D eigenvalue weighted by Crippen LogP contribution is -2.43. The Morgan fingerprint density at radius 3 is 2.07 bits per heavy atom. The van der Waals surface area contributed by atoms with Crippen molar-refractivity contribution in [3.63, 3.8) is 0 Å². The largest absolute Gasteiger partial charge is 0.390 e. The first kappa shape index (κ1) is 13.9. The van der Waals surface area contributed by atoms with Crippen LogP contribution in [0.4, 0.5) is 0 Å². The van der Waals surface area contributed by atoms with E-state index in [2.05, 4.69) is 20.8 Å². The Bertz CT molecular complexity index is 122. The second-order valence-corrected chi connectivity index (χ2v) is 3.99. The first-order valence-electron chi connectivity index (χ1n) is 5.90. The van der Waals surface area contributed by atoms with E-state index in [-0.39, 0.29) is 11.7 Å². The van der Waals surface area contributed by atoms with Crippen LogP contribution in [0.5, 0.6) is 0 Å². The Labute approximate surface area is 88.7 Å². The molecule has 86 valence electrons. The van der Waals surface area contributed by atoms with E-state index in [0.717, 1.165) is 25.7 Å². The maximum absolute atomic E-state index is 10.1. The summed E-state index contributed by atoms with van der Waals surface area (Å²) in [5.41, 5.74) is -0.312. The molecule has 14 heavy (non-hydrogen) atoms. The van der Waals surface area contributed by atoms with Crippen molar-refractivity contribution in [2.24, 2.45) is 0 Å². The number of hydrogen-bond donors (Lipinski definition) is 1. The van der Waals surface area contributed by atoms with Crippen LogP contribution in [-0.2, 0) is 4.74 Å². The van der Waals surface area contributed by atoms with Gasteiger partial charge in [0.05, 0.1) is 11.7 Å². The molecule has 0 rings (SSSR count). The molecule has 1 N–H and O–H groups in total. The van der Waals surface area contributed by atoms with Crippen LogP contribution in [0, 0.1) is 0 Å². The molecule has 0 amide bonds. The summed E-state index contributed by atoms with van der Waals surface area (Å²) >= 11 is 0. The Morgan fingerprint density at radius 1 is 1.14 bits per heavy atom. The number of ether oxygens (including phenoxy) is 1. The van der Waals surface area contributed by atoms with Gasteiger partial charge >= 0.3 is 0 Å². The Hall–Kier alpha value is -0.0800. The predicted octanol–water partition coefficient (Wildman–Crippen LogP) is 3.13. The highest BCUT2D eigenvalue weighted by Crippen LogP contribution is 2.27. The summed E-state index contributed by atoms with van der Waals surface area (Å²) in [7, 11) is 1.70. The Morgan fingerprint density at radius 2 is 1.71 bits per heavy atom. The second-order valence-electron chi connectivity index (χ2n) is 3.99. The number of aliphatic hydroxyl groups is 1. The van der Waals surface area contributed by atoms with Crippen molar-refractivity contribution in [1.29, 1.82) is 0 Å². The molecule has 2 nitrogen and oxygen atoms in total. The van der Waals surface area contributed by atoms with Gasteiger partial charge in [0.25, 0.3) is 0 Å². The molecule has 0 aliphatic heterocycles. The first-order valence-corrected chi connectivity index (χ1v) is 5.90. The highest BCUT2D eigenvalue weighted by Gasteiger charge is 2.33. The quantitative estimate of drug-likeness (QED) is 0.613. The standard InChI is InChI=1S/C12H26O2/c1-5-8-9-10-11(13)12(6-2,7-3)14-4/h11,13H,5-10H2,1-4H3. The van der Waals surface area contributed by atoms with Crippen LogP contribution >= 0.6 is 0 Å². The van der Waals surface area contributed by atoms with E-state index in [1.807, 2.05) is 0 Å². The van der Waals surface area contributed by atoms with Crippen LogP contribution in [0.3, 0.4) is 0 Å². The van der Waals surface area contributed by atoms with E-state index < -0.39 is 0 Å². The third-order valence-electron chi connectivity index (χ3n) is 3.29. The maximum atomic E-state index is 10.1. The molecule has 0 bridgehead atoms. The molecule has 0 aliphatic carbocycles. The molecule has 0 aliphatic rings. The molecular weight excluding hydrogens is 176 g/mol. The predicted molar refractivity (Wildman–Crippen MR) is 60.5 cm³/mol. The van der Waals surface area contributed by atoms with E-state index >= 15 is 0 Å². The molecule has 1 unspecified atom stereocenters. The SMILES string of the molecule is CCCCCC(O)C(CC)(CC)OC. The highest BCUT2D eigenvalue weighted by molar-refractivity contribution is 4.85. The van der Waals surface area contributed by atoms with E-state index in [9.17, 15) is 5.11 Å². The summed E-state index contributed by atoms with van der Waals surface area (Å²) in [6.07, 6.45) is 5.82. The summed E-state index contributed by atoms with van der Waals surface area (Å²) in [5, 5.41) is 10.1. The summed E-state index contributed by atoms with van der Waals surface area (Å²) < 4.78 is 5.48. The van der Waals surface area contributed by atoms with Gasteiger partial charge in [0.1, 0.15) is 0 Å². The summed E-state index contributed by atoms with van der Waals surface area (Å²) in [6, 6.07) is 0. The van der Waals surface area contributed by atoms with Gasteiger partial charge in [-0.3, -0.25) is 0 Å². The average molecular weight is 202 g/mol. The highest BCUT2D eigenvalue weighted by atomic mass is 16.5. The van der Waals surface area contributed by atoms with Gasteiger partial charge in [-0.2, -0.15) is 0 Å². The number of methoxy groups -OCH3 is 1. The van der Waals surface area contributed by atoms with Crippen molar-refractivity contribution in [2.75, 3.05) is 7.11 Å². The first-order chi connectivity index (χ1) is 6.66. The minimum atomic E-state index is -0.312. The molecule has 0 heterocycles. The molecule has 0 aromatic carbocycles. The van der Waals surface area contributed by atoms with Gasteiger partial charge in [0.2, 0.25) is 0 Å². The molecule has 1 atom stereocenters. The normalized spacial score (nSPS) is 14.4. The van der Waals surface area contributed by atoms with Gasteiger partial charge in [-0.1, -0.05) is 40.0 Å². The summed E-state index contributed by atoms with van der Waals surface area (Å²) in [4.78, 5) is 0. The van der Waals surface area contributed by atoms with Gasteiger partial charge < -0.3 is 9.84 Å². The van der Waals surface area contributed by atoms with Crippen molar-refractivity contribution in [3.8, 4) is 0 Å². The van der Waals surface area contributed by atoms with Crippen LogP contribution in [0.25, 0.3) is 0 Å². The molecule has 0 spiro atoms. The van der Waals surface area contributed by atoms with Crippen molar-refractivity contribution in [3.05, 3.63) is 0 Å². The van der Waals surface area contributed by atoms with Crippen LogP contribution < -0.4 is 0 Å². The minimum absolute atomic E-state index is 0.311. The lowest BCUT2D eigenvalue weighted by Gasteiger charge is -2.35. The minimum Gasteiger partial charge on any atom is -0.390 e. The molecule has 0 saturated carbocycles. The van der Waals surface area contributed by atoms with Crippen LogP contribution in [0.15, 0.2) is 0 Å². The van der Waals surface area contributed by atoms with E-state index in [1.54, 1.807) is 7.11 Å². The fourth-order valence-electron chi connectivity index (χ4n) is 2.00. The Balaban J connectivity index is 4.07. The van der Waals surface area contributed by atoms with E-state index in [1.165, 1.54) is 12.8 Å². The van der Waals surface area contributed by atoms with E-state index in [4.69, 9.17) is 4.74 Å². The van der Waals surface area contributed by atoms with Crippen LogP contribution in [-0.4, -0.2) is 23.9 Å². The van der Waals surface area contributed by atoms with Crippen molar-refractivity contribution < 1.29 is 9.84 Å². The topological polar surface area (TPSA) is 29.5 Å². The van der Waals surface area contributed by atoms with Gasteiger partial charge in [0.15, 0.2) is 0 Å². The van der Waals surface area contributed by atoms with Gasteiger partial charge in [-0.05, 0) is 19.3 Å². The Kier molecular flexibility index (Phi) is 7.20. The molecule has 0 radical (unpaired) electrons. The zero-order valence-electron chi connectivity index (χ0n) is 10.2. The van der Waals surface area contributed by atoms with E-state index in [0.29, 0.717) is 0 Å². The fraction of sp³-hybridized carbons (Fsp3) is 1.00. The smallest absolute Gasteiger partial charge is 0.0931 e. The zero-order valence-corrected chi connectivity index (χ0v) is 10.2. The summed E-state index contributed by atoms with van der Waals surface area (Å²) in [5.74, 6) is 0. The van der Waals surface area contributed by atoms with Gasteiger partial charge in [-0.15, -0.1) is 0 Å². The van der Waals surface area contributed by atoms with Crippen LogP contribution in [0.2, 0.25) is 0 Å². The number of aliphatic hydroxyl groups excluding tert-OH is 1. The monoisotopic (exact) mass is 202 g/mol. The van der Waals surface area contributed by atoms with Crippen LogP contribution in [0.1, 0.15) is 59.3 Å². The summed E-state index contributed by atoms with van der Waals surface area (Å²) in [6.45, 7) is 6.33. The number of hydrogen-bond acceptors (Lipinski definition) is 2. The van der Waals surface area contributed by atoms with Crippen molar-refractivity contribution in [1.82, 2.24) is 0 Å². The van der Waals surface area contributed by atoms with Gasteiger partial charge in [0, 0.05) is 7.11 Å². The second kappa shape index (κ2) is 7.24. The lowest BCUT2D eigenvalue weighted by molar-refractivity contribution is -0.110. The van der Waals surface area contributed by atoms with Crippen molar-refractivity contribution >= 4 is 0 Å². The average Bonchev–Trinajstić information content (AvgIpc) is 2.22. The van der Waals surface area contributed by atoms with Crippen molar-refractivity contribution in [2.45, 2.75) is 71.0 Å². The molecule has 0 aromatic heterocycles. The molecular formula is C12H26O2. The maximum Gasteiger partial charge on any atom is 0.0931 e. The molecule has 0 saturated heterocycles. The third kappa shape index (κ3) is 3.58. The number of unbranched alkanes of at least 4 members (excludes halogenated alkanes) is 2. The zero-order chi connectivity index (χ0) is 11.0. The number of rotatable bonds is 8. The van der Waals surface area contributed by atoms with Gasteiger partial charge in [-0.25, -0.2) is 0 Å². The fourth-order valence-corrected chi connectivity index (χ4v) is 2.00. The molecule has 0 aromatic rings.